The summed E-state index contributed by atoms with van der Waals surface area (Å²) in [5.74, 6) is -3.16. The Morgan fingerprint density at radius 3 is 2.41 bits per heavy atom. The predicted molar refractivity (Wildman–Crippen MR) is 75.4 cm³/mol. The predicted octanol–water partition coefficient (Wildman–Crippen LogP) is 1.85. The van der Waals surface area contributed by atoms with Gasteiger partial charge in [-0.05, 0) is 37.5 Å². The molecule has 22 heavy (non-hydrogen) atoms. The molecule has 0 aliphatic heterocycles. The fourth-order valence-corrected chi connectivity index (χ4v) is 3.83. The molecule has 1 amide bonds. The third kappa shape index (κ3) is 2.68. The number of carboxylic acids is 1. The van der Waals surface area contributed by atoms with E-state index in [4.69, 9.17) is 16.7 Å². The zero-order chi connectivity index (χ0) is 16.7. The molecular formula is C13H13ClFNO5S. The minimum Gasteiger partial charge on any atom is -0.480 e. The first-order chi connectivity index (χ1) is 10.1. The van der Waals surface area contributed by atoms with Gasteiger partial charge in [0.2, 0.25) is 0 Å². The van der Waals surface area contributed by atoms with E-state index in [1.54, 1.807) is 4.72 Å². The smallest absolute Gasteiger partial charge is 0.319 e. The summed E-state index contributed by atoms with van der Waals surface area (Å²) < 4.78 is 39.5. The van der Waals surface area contributed by atoms with Gasteiger partial charge in [-0.1, -0.05) is 18.0 Å². The van der Waals surface area contributed by atoms with E-state index in [0.29, 0.717) is 6.42 Å². The summed E-state index contributed by atoms with van der Waals surface area (Å²) >= 11 is 5.71. The van der Waals surface area contributed by atoms with Gasteiger partial charge in [-0.3, -0.25) is 9.59 Å². The van der Waals surface area contributed by atoms with E-state index >= 15 is 0 Å². The highest BCUT2D eigenvalue weighted by atomic mass is 35.5. The maximum atomic E-state index is 13.3. The molecule has 9 heteroatoms. The Kier molecular flexibility index (Phi) is 4.18. The second kappa shape index (κ2) is 5.51. The van der Waals surface area contributed by atoms with Crippen molar-refractivity contribution in [2.45, 2.75) is 31.1 Å². The molecule has 0 saturated heterocycles. The van der Waals surface area contributed by atoms with Crippen molar-refractivity contribution in [3.05, 3.63) is 28.5 Å². The fraction of sp³-hybridized carbons (Fsp3) is 0.385. The summed E-state index contributed by atoms with van der Waals surface area (Å²) in [7, 11) is -4.38. The van der Waals surface area contributed by atoms with Crippen LogP contribution in [-0.4, -0.2) is 25.4 Å². The molecule has 1 aliphatic carbocycles. The van der Waals surface area contributed by atoms with Crippen LogP contribution in [0.15, 0.2) is 17.0 Å². The number of aliphatic carboxylic acids is 1. The van der Waals surface area contributed by atoms with Crippen molar-refractivity contribution in [2.24, 2.45) is 5.41 Å². The molecule has 1 saturated carbocycles. The van der Waals surface area contributed by atoms with Gasteiger partial charge in [0.15, 0.2) is 0 Å². The number of halogens is 2. The monoisotopic (exact) mass is 349 g/mol. The number of benzene rings is 1. The summed E-state index contributed by atoms with van der Waals surface area (Å²) in [6.07, 6.45) is 0.663. The molecule has 1 fully saturated rings. The third-order valence-electron chi connectivity index (χ3n) is 3.78. The third-order valence-corrected chi connectivity index (χ3v) is 5.58. The zero-order valence-electron chi connectivity index (χ0n) is 11.5. The van der Waals surface area contributed by atoms with Crippen LogP contribution < -0.4 is 4.72 Å². The SMILES string of the molecule is Cc1cc(S(=O)(=O)NC(=O)C2(C(=O)O)CCC2)c(Cl)cc1F. The molecule has 0 radical (unpaired) electrons. The molecule has 0 heterocycles. The number of carbonyl (C=O) groups is 2. The first kappa shape index (κ1) is 16.7. The Morgan fingerprint density at radius 1 is 1.36 bits per heavy atom. The van der Waals surface area contributed by atoms with Crippen molar-refractivity contribution in [1.29, 1.82) is 0 Å². The van der Waals surface area contributed by atoms with E-state index in [2.05, 4.69) is 0 Å². The summed E-state index contributed by atoms with van der Waals surface area (Å²) in [4.78, 5) is 22.8. The van der Waals surface area contributed by atoms with Crippen LogP contribution in [0, 0.1) is 18.2 Å². The number of amides is 1. The molecule has 0 unspecified atom stereocenters. The lowest BCUT2D eigenvalue weighted by Gasteiger charge is -2.35. The highest BCUT2D eigenvalue weighted by Gasteiger charge is 2.52. The van der Waals surface area contributed by atoms with Crippen molar-refractivity contribution in [3.63, 3.8) is 0 Å². The minimum absolute atomic E-state index is 0.0359. The molecule has 1 aromatic rings. The lowest BCUT2D eigenvalue weighted by molar-refractivity contribution is -0.161. The number of rotatable bonds is 4. The molecule has 1 aliphatic rings. The minimum atomic E-state index is -4.38. The zero-order valence-corrected chi connectivity index (χ0v) is 13.1. The Hall–Kier alpha value is -1.67. The number of hydrogen-bond donors (Lipinski definition) is 2. The Morgan fingerprint density at radius 2 is 1.95 bits per heavy atom. The summed E-state index contributed by atoms with van der Waals surface area (Å²) in [5, 5.41) is 8.74. The van der Waals surface area contributed by atoms with Gasteiger partial charge in [0.25, 0.3) is 15.9 Å². The second-order valence-electron chi connectivity index (χ2n) is 5.21. The lowest BCUT2D eigenvalue weighted by atomic mass is 9.68. The van der Waals surface area contributed by atoms with Gasteiger partial charge in [0, 0.05) is 0 Å². The average Bonchev–Trinajstić information content (AvgIpc) is 2.30. The average molecular weight is 350 g/mol. The summed E-state index contributed by atoms with van der Waals surface area (Å²) in [6, 6.07) is 1.81. The van der Waals surface area contributed by atoms with Gasteiger partial charge in [0.1, 0.15) is 16.1 Å². The van der Waals surface area contributed by atoms with E-state index < -0.39 is 38.0 Å². The van der Waals surface area contributed by atoms with Crippen LogP contribution in [0.3, 0.4) is 0 Å². The van der Waals surface area contributed by atoms with Crippen molar-refractivity contribution in [2.75, 3.05) is 0 Å². The molecule has 2 rings (SSSR count). The van der Waals surface area contributed by atoms with Crippen molar-refractivity contribution < 1.29 is 27.5 Å². The summed E-state index contributed by atoms with van der Waals surface area (Å²) in [6.45, 7) is 1.34. The van der Waals surface area contributed by atoms with E-state index in [9.17, 15) is 22.4 Å². The quantitative estimate of drug-likeness (QED) is 0.808. The topological polar surface area (TPSA) is 101 Å². The molecule has 120 valence electrons. The van der Waals surface area contributed by atoms with Crippen LogP contribution in [0.4, 0.5) is 4.39 Å². The standard InChI is InChI=1S/C13H13ClFNO5S/c1-7-5-10(8(14)6-9(7)15)22(20,21)16-11(17)13(12(18)19)3-2-4-13/h5-6H,2-4H2,1H3,(H,16,17)(H,18,19). The highest BCUT2D eigenvalue weighted by Crippen LogP contribution is 2.41. The Bertz CT molecular complexity index is 758. The van der Waals surface area contributed by atoms with Gasteiger partial charge >= 0.3 is 5.97 Å². The Labute approximate surface area is 131 Å². The van der Waals surface area contributed by atoms with Gasteiger partial charge in [-0.15, -0.1) is 0 Å². The highest BCUT2D eigenvalue weighted by molar-refractivity contribution is 7.90. The van der Waals surface area contributed by atoms with E-state index in [0.717, 1.165) is 12.1 Å². The first-order valence-electron chi connectivity index (χ1n) is 6.36. The van der Waals surface area contributed by atoms with Crippen LogP contribution in [0.1, 0.15) is 24.8 Å². The molecule has 6 nitrogen and oxygen atoms in total. The maximum absolute atomic E-state index is 13.3. The number of carboxylic acid groups (broad SMARTS) is 1. The van der Waals surface area contributed by atoms with Gasteiger partial charge in [-0.25, -0.2) is 17.5 Å². The normalized spacial score (nSPS) is 16.7. The largest absolute Gasteiger partial charge is 0.480 e. The number of hydrogen-bond acceptors (Lipinski definition) is 4. The number of carbonyl (C=O) groups excluding carboxylic acids is 1. The van der Waals surface area contributed by atoms with Crippen LogP contribution in [-0.2, 0) is 19.6 Å². The number of nitrogens with one attached hydrogen (secondary N) is 1. The van der Waals surface area contributed by atoms with Crippen LogP contribution in [0.25, 0.3) is 0 Å². The van der Waals surface area contributed by atoms with E-state index in [1.165, 1.54) is 6.92 Å². The molecule has 0 bridgehead atoms. The Balaban J connectivity index is 2.35. The number of aryl methyl sites for hydroxylation is 1. The molecule has 1 aromatic carbocycles. The van der Waals surface area contributed by atoms with E-state index in [1.807, 2.05) is 0 Å². The van der Waals surface area contributed by atoms with Crippen molar-refractivity contribution >= 4 is 33.5 Å². The maximum Gasteiger partial charge on any atom is 0.319 e. The van der Waals surface area contributed by atoms with Gasteiger partial charge < -0.3 is 5.11 Å². The molecule has 2 N–H and O–H groups in total. The van der Waals surface area contributed by atoms with Crippen LogP contribution >= 0.6 is 11.6 Å². The molecule has 0 spiro atoms. The van der Waals surface area contributed by atoms with Crippen LogP contribution in [0.5, 0.6) is 0 Å². The fourth-order valence-electron chi connectivity index (χ4n) is 2.18. The second-order valence-corrected chi connectivity index (χ2v) is 7.27. The van der Waals surface area contributed by atoms with Gasteiger partial charge in [0.05, 0.1) is 5.02 Å². The molecular weight excluding hydrogens is 337 g/mol. The number of sulfonamides is 1. The summed E-state index contributed by atoms with van der Waals surface area (Å²) in [5.41, 5.74) is -1.69. The van der Waals surface area contributed by atoms with Gasteiger partial charge in [-0.2, -0.15) is 0 Å². The van der Waals surface area contributed by atoms with Crippen LogP contribution in [0.2, 0.25) is 5.02 Å². The van der Waals surface area contributed by atoms with Crippen molar-refractivity contribution in [1.82, 2.24) is 4.72 Å². The first-order valence-corrected chi connectivity index (χ1v) is 8.22. The lowest BCUT2D eigenvalue weighted by Crippen LogP contribution is -2.52. The van der Waals surface area contributed by atoms with E-state index in [-0.39, 0.29) is 23.4 Å². The molecule has 0 atom stereocenters. The van der Waals surface area contributed by atoms with Crippen molar-refractivity contribution in [3.8, 4) is 0 Å². The molecule has 0 aromatic heterocycles.